The van der Waals surface area contributed by atoms with Gasteiger partial charge in [0.25, 0.3) is 0 Å². The van der Waals surface area contributed by atoms with Crippen molar-refractivity contribution in [3.63, 3.8) is 0 Å². The summed E-state index contributed by atoms with van der Waals surface area (Å²) in [5.74, 6) is 4.35. The van der Waals surface area contributed by atoms with Crippen molar-refractivity contribution in [1.82, 2.24) is 0 Å². The second-order valence-electron chi connectivity index (χ2n) is 9.87. The lowest BCUT2D eigenvalue weighted by Crippen LogP contribution is -2.20. The minimum absolute atomic E-state index is 0.418. The third-order valence-electron chi connectivity index (χ3n) is 6.31. The largest absolute Gasteiger partial charge is 0.490 e. The van der Waals surface area contributed by atoms with Gasteiger partial charge in [-0.15, -0.1) is 0 Å². The van der Waals surface area contributed by atoms with Gasteiger partial charge in [0, 0.05) is 4.75 Å². The van der Waals surface area contributed by atoms with Crippen LogP contribution in [0.2, 0.25) is 0 Å². The first-order valence-electron chi connectivity index (χ1n) is 11.4. The molecule has 0 heterocycles. The second kappa shape index (κ2) is 10.2. The van der Waals surface area contributed by atoms with Crippen LogP contribution in [0.4, 0.5) is 0 Å². The van der Waals surface area contributed by atoms with E-state index in [2.05, 4.69) is 56.8 Å². The SMILES string of the molecule is CC(C)(C)SCC1CCC(CCc2cccc(OC3CCCCC3)c2)CC1. The summed E-state index contributed by atoms with van der Waals surface area (Å²) in [6.07, 6.45) is 15.3. The van der Waals surface area contributed by atoms with E-state index in [4.69, 9.17) is 4.74 Å². The molecular formula is C25H40OS. The molecule has 1 aromatic carbocycles. The average Bonchev–Trinajstić information content (AvgIpc) is 2.66. The van der Waals surface area contributed by atoms with Gasteiger partial charge in [0.2, 0.25) is 0 Å². The van der Waals surface area contributed by atoms with Crippen molar-refractivity contribution in [2.75, 3.05) is 5.75 Å². The standard InChI is InChI=1S/C25H40OS/c1-25(2,3)27-19-22-16-13-20(14-17-22)12-15-21-8-7-11-24(18-21)26-23-9-5-4-6-10-23/h7-8,11,18,20,22-23H,4-6,9-10,12-17,19H2,1-3H3. The Kier molecular flexibility index (Phi) is 7.99. The van der Waals surface area contributed by atoms with Crippen LogP contribution in [0, 0.1) is 11.8 Å². The van der Waals surface area contributed by atoms with E-state index in [1.54, 1.807) is 0 Å². The van der Waals surface area contributed by atoms with E-state index in [1.165, 1.54) is 81.9 Å². The van der Waals surface area contributed by atoms with Crippen LogP contribution in [-0.2, 0) is 6.42 Å². The number of thioether (sulfide) groups is 1. The molecule has 0 amide bonds. The van der Waals surface area contributed by atoms with Gasteiger partial charge in [0.15, 0.2) is 0 Å². The number of benzene rings is 1. The second-order valence-corrected chi connectivity index (χ2v) is 11.7. The average molecular weight is 389 g/mol. The highest BCUT2D eigenvalue weighted by molar-refractivity contribution is 8.00. The van der Waals surface area contributed by atoms with E-state index in [9.17, 15) is 0 Å². The van der Waals surface area contributed by atoms with Crippen LogP contribution in [-0.4, -0.2) is 16.6 Å². The van der Waals surface area contributed by atoms with E-state index in [0.717, 1.165) is 17.6 Å². The monoisotopic (exact) mass is 388 g/mol. The minimum Gasteiger partial charge on any atom is -0.490 e. The third-order valence-corrected chi connectivity index (χ3v) is 7.82. The van der Waals surface area contributed by atoms with E-state index >= 15 is 0 Å². The van der Waals surface area contributed by atoms with Crippen molar-refractivity contribution < 1.29 is 4.74 Å². The zero-order chi connectivity index (χ0) is 19.1. The molecule has 0 radical (unpaired) electrons. The number of rotatable bonds is 7. The van der Waals surface area contributed by atoms with Gasteiger partial charge in [0.05, 0.1) is 6.10 Å². The van der Waals surface area contributed by atoms with Gasteiger partial charge in [-0.2, -0.15) is 11.8 Å². The molecule has 1 aromatic rings. The Bertz CT molecular complexity index is 548. The third kappa shape index (κ3) is 7.72. The van der Waals surface area contributed by atoms with E-state index in [1.807, 2.05) is 0 Å². The van der Waals surface area contributed by atoms with Crippen molar-refractivity contribution in [1.29, 1.82) is 0 Å². The van der Waals surface area contributed by atoms with Crippen LogP contribution >= 0.6 is 11.8 Å². The number of ether oxygens (including phenoxy) is 1. The molecule has 0 saturated heterocycles. The molecule has 152 valence electrons. The first-order chi connectivity index (χ1) is 13.0. The minimum atomic E-state index is 0.418. The van der Waals surface area contributed by atoms with Crippen LogP contribution in [0.1, 0.15) is 90.5 Å². The lowest BCUT2D eigenvalue weighted by Gasteiger charge is -2.30. The molecule has 0 bridgehead atoms. The highest BCUT2D eigenvalue weighted by Gasteiger charge is 2.23. The van der Waals surface area contributed by atoms with E-state index in [-0.39, 0.29) is 0 Å². The maximum absolute atomic E-state index is 6.25. The summed E-state index contributed by atoms with van der Waals surface area (Å²) >= 11 is 2.15. The molecule has 3 rings (SSSR count). The number of hydrogen-bond acceptors (Lipinski definition) is 2. The summed E-state index contributed by atoms with van der Waals surface area (Å²) in [5, 5.41) is 0. The fourth-order valence-corrected chi connectivity index (χ4v) is 5.64. The summed E-state index contributed by atoms with van der Waals surface area (Å²) in [6, 6.07) is 8.93. The summed E-state index contributed by atoms with van der Waals surface area (Å²) in [5.41, 5.74) is 1.47. The summed E-state index contributed by atoms with van der Waals surface area (Å²) in [7, 11) is 0. The lowest BCUT2D eigenvalue weighted by atomic mass is 9.80. The van der Waals surface area contributed by atoms with Crippen molar-refractivity contribution in [2.45, 2.75) is 102 Å². The Morgan fingerprint density at radius 1 is 0.926 bits per heavy atom. The van der Waals surface area contributed by atoms with Crippen molar-refractivity contribution in [3.8, 4) is 5.75 Å². The fourth-order valence-electron chi connectivity index (χ4n) is 4.58. The maximum Gasteiger partial charge on any atom is 0.119 e. The highest BCUT2D eigenvalue weighted by Crippen LogP contribution is 2.36. The van der Waals surface area contributed by atoms with Crippen LogP contribution in [0.5, 0.6) is 5.75 Å². The van der Waals surface area contributed by atoms with E-state index in [0.29, 0.717) is 10.9 Å². The zero-order valence-corrected chi connectivity index (χ0v) is 18.7. The molecule has 0 aromatic heterocycles. The summed E-state index contributed by atoms with van der Waals surface area (Å²) in [4.78, 5) is 0. The predicted octanol–water partition coefficient (Wildman–Crippen LogP) is 7.67. The van der Waals surface area contributed by atoms with Gasteiger partial charge in [0.1, 0.15) is 5.75 Å². The quantitative estimate of drug-likeness (QED) is 0.474. The smallest absolute Gasteiger partial charge is 0.119 e. The fraction of sp³-hybridized carbons (Fsp3) is 0.760. The molecule has 27 heavy (non-hydrogen) atoms. The van der Waals surface area contributed by atoms with Crippen molar-refractivity contribution in [2.24, 2.45) is 11.8 Å². The Balaban J connectivity index is 1.38. The van der Waals surface area contributed by atoms with Gasteiger partial charge < -0.3 is 4.74 Å². The summed E-state index contributed by atoms with van der Waals surface area (Å²) in [6.45, 7) is 7.03. The molecule has 2 fully saturated rings. The maximum atomic E-state index is 6.25. The lowest BCUT2D eigenvalue weighted by molar-refractivity contribution is 0.155. The Hall–Kier alpha value is -0.630. The summed E-state index contributed by atoms with van der Waals surface area (Å²) < 4.78 is 6.67. The van der Waals surface area contributed by atoms with Crippen LogP contribution in [0.3, 0.4) is 0 Å². The topological polar surface area (TPSA) is 9.23 Å². The normalized spacial score (nSPS) is 24.7. The molecule has 2 aliphatic carbocycles. The Morgan fingerprint density at radius 3 is 2.33 bits per heavy atom. The predicted molar refractivity (Wildman–Crippen MR) is 120 cm³/mol. The molecule has 0 unspecified atom stereocenters. The number of hydrogen-bond donors (Lipinski definition) is 0. The van der Waals surface area contributed by atoms with E-state index < -0.39 is 0 Å². The first-order valence-corrected chi connectivity index (χ1v) is 12.4. The van der Waals surface area contributed by atoms with Crippen molar-refractivity contribution in [3.05, 3.63) is 29.8 Å². The molecule has 1 nitrogen and oxygen atoms in total. The van der Waals surface area contributed by atoms with Gasteiger partial charge >= 0.3 is 0 Å². The molecule has 0 N–H and O–H groups in total. The molecule has 2 aliphatic rings. The first kappa shape index (κ1) is 21.1. The van der Waals surface area contributed by atoms with Gasteiger partial charge in [-0.25, -0.2) is 0 Å². The highest BCUT2D eigenvalue weighted by atomic mass is 32.2. The Labute approximate surface area is 172 Å². The van der Waals surface area contributed by atoms with Crippen LogP contribution in [0.15, 0.2) is 24.3 Å². The van der Waals surface area contributed by atoms with Crippen LogP contribution < -0.4 is 4.74 Å². The van der Waals surface area contributed by atoms with Crippen molar-refractivity contribution >= 4 is 11.8 Å². The van der Waals surface area contributed by atoms with Gasteiger partial charge in [-0.05, 0) is 86.7 Å². The molecule has 0 aliphatic heterocycles. The van der Waals surface area contributed by atoms with Gasteiger partial charge in [-0.1, -0.05) is 52.2 Å². The molecule has 0 spiro atoms. The zero-order valence-electron chi connectivity index (χ0n) is 17.8. The molecule has 2 heteroatoms. The molecule has 2 saturated carbocycles. The number of aryl methyl sites for hydroxylation is 1. The molecule has 0 atom stereocenters. The van der Waals surface area contributed by atoms with Gasteiger partial charge in [-0.3, -0.25) is 0 Å². The Morgan fingerprint density at radius 2 is 1.63 bits per heavy atom. The van der Waals surface area contributed by atoms with Crippen LogP contribution in [0.25, 0.3) is 0 Å². The molecular weight excluding hydrogens is 348 g/mol.